The van der Waals surface area contributed by atoms with E-state index in [0.717, 1.165) is 15.6 Å². The molecule has 3 aromatic carbocycles. The van der Waals surface area contributed by atoms with Gasteiger partial charge >= 0.3 is 0 Å². The standard InChI is InChI=1S/C26H25BrClN3O3/c1-17(2)24(30-25(32)20-9-11-21(28)12-10-20)26(33)31-29-15-19-8-13-23(22(27)14-19)34-16-18-6-4-3-5-7-18/h3-15,17,24H,16H2,1-2H3,(H,30,32)(H,31,33). The zero-order valence-electron chi connectivity index (χ0n) is 18.8. The maximum atomic E-state index is 12.6. The Morgan fingerprint density at radius 2 is 1.76 bits per heavy atom. The second-order valence-corrected chi connectivity index (χ2v) is 9.19. The molecule has 0 aliphatic rings. The summed E-state index contributed by atoms with van der Waals surface area (Å²) in [5.74, 6) is -0.198. The summed E-state index contributed by atoms with van der Waals surface area (Å²) >= 11 is 9.38. The van der Waals surface area contributed by atoms with Crippen LogP contribution in [0, 0.1) is 5.92 Å². The van der Waals surface area contributed by atoms with Crippen molar-refractivity contribution in [1.29, 1.82) is 0 Å². The SMILES string of the molecule is CC(C)C(NC(=O)c1ccc(Cl)cc1)C(=O)NN=Cc1ccc(OCc2ccccc2)c(Br)c1. The maximum Gasteiger partial charge on any atom is 0.262 e. The first-order chi connectivity index (χ1) is 16.3. The molecule has 1 unspecified atom stereocenters. The van der Waals surface area contributed by atoms with Gasteiger partial charge in [-0.15, -0.1) is 0 Å². The van der Waals surface area contributed by atoms with Crippen molar-refractivity contribution in [3.05, 3.63) is 99.0 Å². The molecule has 0 spiro atoms. The summed E-state index contributed by atoms with van der Waals surface area (Å²) in [5, 5.41) is 7.33. The van der Waals surface area contributed by atoms with Gasteiger partial charge in [-0.05, 0) is 75.4 Å². The Morgan fingerprint density at radius 3 is 2.41 bits per heavy atom. The van der Waals surface area contributed by atoms with Crippen LogP contribution in [0.15, 0.2) is 82.4 Å². The van der Waals surface area contributed by atoms with Gasteiger partial charge in [0.2, 0.25) is 0 Å². The van der Waals surface area contributed by atoms with Crippen LogP contribution in [0.3, 0.4) is 0 Å². The normalized spacial score (nSPS) is 11.9. The van der Waals surface area contributed by atoms with Gasteiger partial charge in [0.25, 0.3) is 11.8 Å². The summed E-state index contributed by atoms with van der Waals surface area (Å²) in [7, 11) is 0. The minimum absolute atomic E-state index is 0.137. The molecule has 0 bridgehead atoms. The van der Waals surface area contributed by atoms with Crippen molar-refractivity contribution in [2.45, 2.75) is 26.5 Å². The number of hydrazone groups is 1. The summed E-state index contributed by atoms with van der Waals surface area (Å²) in [4.78, 5) is 25.1. The van der Waals surface area contributed by atoms with Gasteiger partial charge in [0.1, 0.15) is 18.4 Å². The smallest absolute Gasteiger partial charge is 0.262 e. The highest BCUT2D eigenvalue weighted by Gasteiger charge is 2.24. The average Bonchev–Trinajstić information content (AvgIpc) is 2.82. The molecule has 0 radical (unpaired) electrons. The molecular formula is C26H25BrClN3O3. The first-order valence-electron chi connectivity index (χ1n) is 10.7. The Hall–Kier alpha value is -3.16. The lowest BCUT2D eigenvalue weighted by atomic mass is 10.0. The minimum Gasteiger partial charge on any atom is -0.488 e. The number of hydrogen-bond acceptors (Lipinski definition) is 4. The Labute approximate surface area is 212 Å². The fraction of sp³-hybridized carbons (Fsp3) is 0.192. The topological polar surface area (TPSA) is 79.8 Å². The van der Waals surface area contributed by atoms with Crippen LogP contribution >= 0.6 is 27.5 Å². The number of nitrogens with one attached hydrogen (secondary N) is 2. The number of halogens is 2. The summed E-state index contributed by atoms with van der Waals surface area (Å²) in [6.45, 7) is 4.16. The van der Waals surface area contributed by atoms with E-state index < -0.39 is 11.9 Å². The molecule has 176 valence electrons. The van der Waals surface area contributed by atoms with Crippen molar-refractivity contribution in [3.63, 3.8) is 0 Å². The van der Waals surface area contributed by atoms with Crippen LogP contribution in [-0.2, 0) is 11.4 Å². The number of nitrogens with zero attached hydrogens (tertiary/aromatic N) is 1. The van der Waals surface area contributed by atoms with E-state index in [1.807, 2.05) is 62.4 Å². The van der Waals surface area contributed by atoms with Crippen molar-refractivity contribution in [2.75, 3.05) is 0 Å². The van der Waals surface area contributed by atoms with E-state index in [-0.39, 0.29) is 11.8 Å². The number of rotatable bonds is 9. The maximum absolute atomic E-state index is 12.6. The molecule has 0 fully saturated rings. The van der Waals surface area contributed by atoms with Crippen LogP contribution < -0.4 is 15.5 Å². The van der Waals surface area contributed by atoms with Crippen LogP contribution in [0.1, 0.15) is 35.3 Å². The van der Waals surface area contributed by atoms with Crippen molar-refractivity contribution >= 4 is 45.6 Å². The highest BCUT2D eigenvalue weighted by Crippen LogP contribution is 2.26. The van der Waals surface area contributed by atoms with Crippen molar-refractivity contribution in [1.82, 2.24) is 10.7 Å². The molecule has 2 N–H and O–H groups in total. The molecule has 1 atom stereocenters. The van der Waals surface area contributed by atoms with E-state index in [9.17, 15) is 9.59 Å². The quantitative estimate of drug-likeness (QED) is 0.273. The zero-order chi connectivity index (χ0) is 24.5. The van der Waals surface area contributed by atoms with Gasteiger partial charge in [-0.2, -0.15) is 5.10 Å². The van der Waals surface area contributed by atoms with E-state index in [4.69, 9.17) is 16.3 Å². The fourth-order valence-corrected chi connectivity index (χ4v) is 3.69. The third-order valence-corrected chi connectivity index (χ3v) is 5.80. The molecular weight excluding hydrogens is 518 g/mol. The summed E-state index contributed by atoms with van der Waals surface area (Å²) < 4.78 is 6.62. The molecule has 0 saturated carbocycles. The lowest BCUT2D eigenvalue weighted by Crippen LogP contribution is -2.48. The van der Waals surface area contributed by atoms with Crippen molar-refractivity contribution < 1.29 is 14.3 Å². The Kier molecular flexibility index (Phi) is 9.24. The monoisotopic (exact) mass is 541 g/mol. The van der Waals surface area contributed by atoms with Gasteiger partial charge < -0.3 is 10.1 Å². The molecule has 0 aliphatic heterocycles. The summed E-state index contributed by atoms with van der Waals surface area (Å²) in [5.41, 5.74) is 4.77. The number of ether oxygens (including phenoxy) is 1. The van der Waals surface area contributed by atoms with E-state index in [2.05, 4.69) is 31.8 Å². The third kappa shape index (κ3) is 7.43. The van der Waals surface area contributed by atoms with Gasteiger partial charge in [-0.1, -0.05) is 55.8 Å². The Balaban J connectivity index is 1.57. The predicted octanol–water partition coefficient (Wildman–Crippen LogP) is 5.59. The average molecular weight is 543 g/mol. The van der Waals surface area contributed by atoms with Crippen LogP contribution in [-0.4, -0.2) is 24.1 Å². The molecule has 6 nitrogen and oxygen atoms in total. The lowest BCUT2D eigenvalue weighted by Gasteiger charge is -2.20. The van der Waals surface area contributed by atoms with Crippen LogP contribution in [0.25, 0.3) is 0 Å². The van der Waals surface area contributed by atoms with E-state index >= 15 is 0 Å². The van der Waals surface area contributed by atoms with Gasteiger partial charge in [-0.25, -0.2) is 5.43 Å². The third-order valence-electron chi connectivity index (χ3n) is 4.92. The molecule has 0 heterocycles. The number of benzene rings is 3. The van der Waals surface area contributed by atoms with Gasteiger partial charge in [-0.3, -0.25) is 9.59 Å². The predicted molar refractivity (Wildman–Crippen MR) is 138 cm³/mol. The van der Waals surface area contributed by atoms with E-state index in [1.165, 1.54) is 6.21 Å². The molecule has 2 amide bonds. The van der Waals surface area contributed by atoms with Crippen LogP contribution in [0.4, 0.5) is 0 Å². The molecule has 3 rings (SSSR count). The van der Waals surface area contributed by atoms with E-state index in [0.29, 0.717) is 22.9 Å². The number of carbonyl (C=O) groups is 2. The van der Waals surface area contributed by atoms with Gasteiger partial charge in [0, 0.05) is 10.6 Å². The Bertz CT molecular complexity index is 1150. The van der Waals surface area contributed by atoms with Crippen LogP contribution in [0.2, 0.25) is 5.02 Å². The number of amides is 2. The molecule has 0 aliphatic carbocycles. The second kappa shape index (κ2) is 12.3. The van der Waals surface area contributed by atoms with Crippen LogP contribution in [0.5, 0.6) is 5.75 Å². The number of hydrogen-bond donors (Lipinski definition) is 2. The molecule has 8 heteroatoms. The second-order valence-electron chi connectivity index (χ2n) is 7.90. The minimum atomic E-state index is -0.749. The highest BCUT2D eigenvalue weighted by molar-refractivity contribution is 9.10. The number of carbonyl (C=O) groups excluding carboxylic acids is 2. The summed E-state index contributed by atoms with van der Waals surface area (Å²) in [6, 6.07) is 21.1. The first-order valence-corrected chi connectivity index (χ1v) is 11.9. The molecule has 34 heavy (non-hydrogen) atoms. The highest BCUT2D eigenvalue weighted by atomic mass is 79.9. The Morgan fingerprint density at radius 1 is 1.06 bits per heavy atom. The summed E-state index contributed by atoms with van der Waals surface area (Å²) in [6.07, 6.45) is 1.53. The molecule has 3 aromatic rings. The molecule has 0 saturated heterocycles. The lowest BCUT2D eigenvalue weighted by molar-refractivity contribution is -0.123. The molecule has 0 aromatic heterocycles. The first kappa shape index (κ1) is 25.5. The van der Waals surface area contributed by atoms with Gasteiger partial charge in [0.15, 0.2) is 0 Å². The van der Waals surface area contributed by atoms with Crippen molar-refractivity contribution in [3.8, 4) is 5.75 Å². The zero-order valence-corrected chi connectivity index (χ0v) is 21.1. The fourth-order valence-electron chi connectivity index (χ4n) is 3.05. The van der Waals surface area contributed by atoms with Gasteiger partial charge in [0.05, 0.1) is 10.7 Å². The van der Waals surface area contributed by atoms with E-state index in [1.54, 1.807) is 24.3 Å². The van der Waals surface area contributed by atoms with Crippen molar-refractivity contribution in [2.24, 2.45) is 11.0 Å². The largest absolute Gasteiger partial charge is 0.488 e.